The molecule has 31 heavy (non-hydrogen) atoms. The summed E-state index contributed by atoms with van der Waals surface area (Å²) in [6.45, 7) is 3.16. The number of nitrogens with two attached hydrogens (primary N) is 1. The molecule has 0 fully saturated rings. The molecule has 0 aliphatic carbocycles. The van der Waals surface area contributed by atoms with Crippen molar-refractivity contribution in [1.29, 1.82) is 0 Å². The van der Waals surface area contributed by atoms with Crippen LogP contribution in [-0.4, -0.2) is 14.5 Å². The summed E-state index contributed by atoms with van der Waals surface area (Å²) in [7, 11) is -4.94. The average molecular weight is 446 g/mol. The van der Waals surface area contributed by atoms with Crippen LogP contribution in [0.3, 0.4) is 0 Å². The Labute approximate surface area is 180 Å². The Bertz CT molecular complexity index is 1140. The lowest BCUT2D eigenvalue weighted by Gasteiger charge is -2.17. The molecule has 162 valence electrons. The van der Waals surface area contributed by atoms with Crippen LogP contribution in [0.5, 0.6) is 0 Å². The number of benzene rings is 2. The van der Waals surface area contributed by atoms with E-state index in [4.69, 9.17) is 29.2 Å². The van der Waals surface area contributed by atoms with Gasteiger partial charge in [0, 0.05) is 0 Å². The molecule has 0 unspecified atom stereocenters. The predicted molar refractivity (Wildman–Crippen MR) is 99.1 cm³/mol. The molecule has 0 aliphatic rings. The first-order chi connectivity index (χ1) is 14.7. The number of halogens is 1. The van der Waals surface area contributed by atoms with Gasteiger partial charge in [0.2, 0.25) is 11.2 Å². The number of hydrogen-bond donors (Lipinski definition) is 1. The lowest BCUT2D eigenvalue weighted by atomic mass is 10.1. The van der Waals surface area contributed by atoms with E-state index in [0.717, 1.165) is 11.2 Å². The number of nitrogens with zero attached hydrogens (tertiary/aromatic N) is 4. The first-order valence-corrected chi connectivity index (χ1v) is 10.3. The lowest BCUT2D eigenvalue weighted by Crippen LogP contribution is -2.68. The molecule has 0 spiro atoms. The number of fused-ring (bicyclic) bond motifs is 1. The molecule has 0 bridgehead atoms. The van der Waals surface area contributed by atoms with Gasteiger partial charge in [0.1, 0.15) is 0 Å². The van der Waals surface area contributed by atoms with Gasteiger partial charge in [0.25, 0.3) is 12.1 Å². The van der Waals surface area contributed by atoms with Gasteiger partial charge in [-0.25, -0.2) is 23.6 Å². The van der Waals surface area contributed by atoms with Crippen molar-refractivity contribution in [3.05, 3.63) is 83.9 Å². The topological polar surface area (TPSA) is 162 Å². The van der Waals surface area contributed by atoms with Gasteiger partial charge in [-0.05, 0) is 23.6 Å². The van der Waals surface area contributed by atoms with Crippen molar-refractivity contribution < 1.29 is 38.4 Å². The minimum Gasteiger partial charge on any atom is -0.352 e. The number of hydrogen-bond acceptors (Lipinski definition) is 8. The van der Waals surface area contributed by atoms with Crippen LogP contribution in [0.25, 0.3) is 11.2 Å². The second-order valence-corrected chi connectivity index (χ2v) is 7.32. The Hall–Kier alpha value is -3.28. The summed E-state index contributed by atoms with van der Waals surface area (Å²) < 4.78 is 37.4. The largest absolute Gasteiger partial charge is 0.352 e. The third-order valence-electron chi connectivity index (χ3n) is 4.39. The van der Waals surface area contributed by atoms with Crippen molar-refractivity contribution >= 4 is 17.0 Å². The van der Waals surface area contributed by atoms with Crippen LogP contribution >= 0.6 is 0 Å². The molecule has 2 heterocycles. The summed E-state index contributed by atoms with van der Waals surface area (Å²) in [5, 5.41) is 0. The maximum atomic E-state index is 8.49. The highest BCUT2D eigenvalue weighted by Crippen LogP contribution is 2.15. The fourth-order valence-corrected chi connectivity index (χ4v) is 2.88. The normalized spacial score (nSPS) is 11.1. The monoisotopic (exact) mass is 445 g/mol. The van der Waals surface area contributed by atoms with Gasteiger partial charge in [-0.3, -0.25) is 4.57 Å². The number of rotatable bonds is 5. The zero-order chi connectivity index (χ0) is 22.4. The number of nitrogen functional groups attached to an aromatic ring is 1. The molecular formula is C20H20ClN5O5. The predicted octanol–water partition coefficient (Wildman–Crippen LogP) is -2.47. The van der Waals surface area contributed by atoms with E-state index in [1.165, 1.54) is 15.9 Å². The van der Waals surface area contributed by atoms with E-state index in [1.54, 1.807) is 12.7 Å². The van der Waals surface area contributed by atoms with Gasteiger partial charge in [-0.2, -0.15) is 0 Å². The van der Waals surface area contributed by atoms with Gasteiger partial charge in [0.15, 0.2) is 6.61 Å². The maximum Gasteiger partial charge on any atom is 0.289 e. The molecule has 0 radical (unpaired) electrons. The molecular weight excluding hydrogens is 426 g/mol. The zero-order valence-electron chi connectivity index (χ0n) is 16.6. The highest BCUT2D eigenvalue weighted by molar-refractivity contribution is 5.79. The van der Waals surface area contributed by atoms with Crippen LogP contribution in [0.1, 0.15) is 16.7 Å². The third kappa shape index (κ3) is 6.35. The third-order valence-corrected chi connectivity index (χ3v) is 4.39. The SMILES string of the molecule is Cc1ccccc1CO[n+]1cnc2c(ncn2Cc2ccccc2)c1N.[O-][Cl+3]([O-])([O-])[O-]. The van der Waals surface area contributed by atoms with Crippen LogP contribution in [-0.2, 0) is 13.2 Å². The summed E-state index contributed by atoms with van der Waals surface area (Å²) >= 11 is 0. The van der Waals surface area contributed by atoms with E-state index in [1.807, 2.05) is 41.0 Å². The summed E-state index contributed by atoms with van der Waals surface area (Å²) in [6, 6.07) is 18.3. The number of anilines is 1. The Morgan fingerprint density at radius 2 is 1.65 bits per heavy atom. The number of imidazole rings is 1. The van der Waals surface area contributed by atoms with E-state index in [9.17, 15) is 0 Å². The molecule has 4 aromatic rings. The smallest absolute Gasteiger partial charge is 0.289 e. The Kier molecular flexibility index (Phi) is 7.00. The molecule has 2 N–H and O–H groups in total. The molecule has 0 aliphatic heterocycles. The molecule has 10 nitrogen and oxygen atoms in total. The molecule has 2 aromatic carbocycles. The van der Waals surface area contributed by atoms with Crippen molar-refractivity contribution in [3.63, 3.8) is 0 Å². The Morgan fingerprint density at radius 3 is 2.32 bits per heavy atom. The fourth-order valence-electron chi connectivity index (χ4n) is 2.88. The number of aryl methyl sites for hydroxylation is 1. The summed E-state index contributed by atoms with van der Waals surface area (Å²) in [5.74, 6) is 0.440. The first-order valence-electron chi connectivity index (χ1n) is 9.07. The van der Waals surface area contributed by atoms with Crippen LogP contribution in [0.15, 0.2) is 67.3 Å². The van der Waals surface area contributed by atoms with Crippen molar-refractivity contribution in [2.24, 2.45) is 0 Å². The van der Waals surface area contributed by atoms with E-state index in [0.29, 0.717) is 24.5 Å². The van der Waals surface area contributed by atoms with Crippen LogP contribution in [0, 0.1) is 17.2 Å². The molecule has 4 rings (SSSR count). The van der Waals surface area contributed by atoms with Crippen LogP contribution < -0.4 is 33.9 Å². The van der Waals surface area contributed by atoms with Crippen molar-refractivity contribution in [2.75, 3.05) is 5.73 Å². The van der Waals surface area contributed by atoms with Crippen molar-refractivity contribution in [3.8, 4) is 0 Å². The van der Waals surface area contributed by atoms with Crippen LogP contribution in [0.2, 0.25) is 0 Å². The van der Waals surface area contributed by atoms with Gasteiger partial charge in [-0.15, -0.1) is 10.2 Å². The zero-order valence-corrected chi connectivity index (χ0v) is 17.3. The van der Waals surface area contributed by atoms with Crippen molar-refractivity contribution in [2.45, 2.75) is 20.1 Å². The minimum atomic E-state index is -4.94. The molecule has 11 heteroatoms. The van der Waals surface area contributed by atoms with E-state index in [2.05, 4.69) is 35.1 Å². The highest BCUT2D eigenvalue weighted by atomic mass is 35.7. The van der Waals surface area contributed by atoms with E-state index >= 15 is 0 Å². The van der Waals surface area contributed by atoms with E-state index < -0.39 is 10.2 Å². The second-order valence-electron chi connectivity index (χ2n) is 6.56. The second kappa shape index (κ2) is 9.69. The van der Waals surface area contributed by atoms with Gasteiger partial charge in [-0.1, -0.05) is 64.3 Å². The maximum absolute atomic E-state index is 8.49. The summed E-state index contributed by atoms with van der Waals surface area (Å²) in [5.41, 5.74) is 11.1. The van der Waals surface area contributed by atoms with E-state index in [-0.39, 0.29) is 0 Å². The first kappa shape index (κ1) is 22.4. The summed E-state index contributed by atoms with van der Waals surface area (Å²) in [4.78, 5) is 14.7. The number of aromatic nitrogens is 4. The molecule has 0 saturated carbocycles. The Balaban J connectivity index is 0.000000491. The van der Waals surface area contributed by atoms with Gasteiger partial charge in [0.05, 0.1) is 12.9 Å². The summed E-state index contributed by atoms with van der Waals surface area (Å²) in [6.07, 6.45) is 3.35. The molecule has 0 atom stereocenters. The molecule has 0 saturated heterocycles. The standard InChI is InChI=1S/C20H19N5O.ClHO4/c1-15-7-5-6-10-17(15)12-26-25-14-23-20-18(19(25)21)22-13-24(20)11-16-8-3-2-4-9-16;2-1(3,4)5/h2-10,13-14,21H,11-12H2,1H3;(H,2,3,4,5). The molecule has 2 aromatic heterocycles. The fraction of sp³-hybridized carbons (Fsp3) is 0.150. The highest BCUT2D eigenvalue weighted by Gasteiger charge is 2.18. The molecule has 0 amide bonds. The lowest BCUT2D eigenvalue weighted by molar-refractivity contribution is -2.00. The quantitative estimate of drug-likeness (QED) is 0.330. The average Bonchev–Trinajstić information content (AvgIpc) is 3.12. The Morgan fingerprint density at radius 1 is 1.00 bits per heavy atom. The minimum absolute atomic E-state index is 0.416. The van der Waals surface area contributed by atoms with Crippen molar-refractivity contribution in [1.82, 2.24) is 14.5 Å². The van der Waals surface area contributed by atoms with Gasteiger partial charge >= 0.3 is 0 Å². The van der Waals surface area contributed by atoms with Crippen LogP contribution in [0.4, 0.5) is 5.82 Å². The van der Waals surface area contributed by atoms with Gasteiger partial charge < -0.3 is 10.6 Å².